The predicted octanol–water partition coefficient (Wildman–Crippen LogP) is 18.0. The summed E-state index contributed by atoms with van der Waals surface area (Å²) in [6.07, 6.45) is 0. The molecule has 0 nitrogen and oxygen atoms in total. The van der Waals surface area contributed by atoms with Crippen LogP contribution in [0, 0.1) is 0 Å². The van der Waals surface area contributed by atoms with Gasteiger partial charge in [0.05, 0.1) is 5.41 Å². The van der Waals surface area contributed by atoms with Crippen molar-refractivity contribution in [2.45, 2.75) is 5.41 Å². The first-order chi connectivity index (χ1) is 33.3. The molecule has 0 amide bonds. The molecule has 0 heteroatoms. The van der Waals surface area contributed by atoms with Gasteiger partial charge in [-0.2, -0.15) is 0 Å². The third-order valence-corrected chi connectivity index (χ3v) is 15.4. The van der Waals surface area contributed by atoms with Gasteiger partial charge in [0.25, 0.3) is 0 Å². The van der Waals surface area contributed by atoms with E-state index < -0.39 is 5.41 Å². The second-order valence-corrected chi connectivity index (χ2v) is 18.6. The molecule has 13 aromatic rings. The molecule has 13 aromatic carbocycles. The molecular formula is C67H40. The zero-order valence-corrected chi connectivity index (χ0v) is 36.6. The van der Waals surface area contributed by atoms with Crippen LogP contribution in [0.1, 0.15) is 22.3 Å². The van der Waals surface area contributed by atoms with Crippen molar-refractivity contribution in [2.24, 2.45) is 0 Å². The Morgan fingerprint density at radius 1 is 0.209 bits per heavy atom. The molecule has 0 aliphatic heterocycles. The van der Waals surface area contributed by atoms with Gasteiger partial charge in [0.2, 0.25) is 0 Å². The minimum atomic E-state index is -0.492. The lowest BCUT2D eigenvalue weighted by molar-refractivity contribution is 0.802. The molecule has 0 bridgehead atoms. The zero-order chi connectivity index (χ0) is 43.8. The molecule has 2 aliphatic rings. The molecule has 308 valence electrons. The van der Waals surface area contributed by atoms with Crippen molar-refractivity contribution in [3.63, 3.8) is 0 Å². The molecule has 67 heavy (non-hydrogen) atoms. The lowest BCUT2D eigenvalue weighted by Gasteiger charge is -2.32. The third kappa shape index (κ3) is 4.92. The fourth-order valence-corrected chi connectivity index (χ4v) is 12.8. The van der Waals surface area contributed by atoms with Crippen LogP contribution >= 0.6 is 0 Å². The van der Waals surface area contributed by atoms with Crippen molar-refractivity contribution in [2.75, 3.05) is 0 Å². The van der Waals surface area contributed by atoms with Crippen LogP contribution in [0.2, 0.25) is 0 Å². The topological polar surface area (TPSA) is 0 Å². The highest BCUT2D eigenvalue weighted by Crippen LogP contribution is 2.66. The Balaban J connectivity index is 1.02. The van der Waals surface area contributed by atoms with E-state index in [1.165, 1.54) is 143 Å². The molecular weight excluding hydrogens is 805 g/mol. The summed E-state index contributed by atoms with van der Waals surface area (Å²) in [6, 6.07) is 91.5. The molecule has 0 saturated heterocycles. The van der Waals surface area contributed by atoms with Gasteiger partial charge in [-0.25, -0.2) is 0 Å². The fourth-order valence-electron chi connectivity index (χ4n) is 12.8. The van der Waals surface area contributed by atoms with E-state index in [9.17, 15) is 0 Å². The van der Waals surface area contributed by atoms with E-state index in [0.29, 0.717) is 0 Å². The van der Waals surface area contributed by atoms with E-state index in [1.807, 2.05) is 0 Å². The molecule has 15 rings (SSSR count). The molecule has 0 fully saturated rings. The summed E-state index contributed by atoms with van der Waals surface area (Å²) in [5, 5.41) is 15.3. The Morgan fingerprint density at radius 3 is 1.36 bits per heavy atom. The van der Waals surface area contributed by atoms with Crippen LogP contribution in [0.3, 0.4) is 0 Å². The highest BCUT2D eigenvalue weighted by molar-refractivity contribution is 6.26. The van der Waals surface area contributed by atoms with Crippen molar-refractivity contribution in [1.29, 1.82) is 0 Å². The van der Waals surface area contributed by atoms with E-state index in [2.05, 4.69) is 243 Å². The predicted molar refractivity (Wildman–Crippen MR) is 284 cm³/mol. The molecule has 1 spiro atoms. The maximum absolute atomic E-state index is 2.52. The maximum atomic E-state index is 2.52. The van der Waals surface area contributed by atoms with Gasteiger partial charge in [0.15, 0.2) is 0 Å². The second-order valence-electron chi connectivity index (χ2n) is 18.6. The van der Waals surface area contributed by atoms with Gasteiger partial charge in [-0.05, 0) is 161 Å². The molecule has 0 heterocycles. The first kappa shape index (κ1) is 36.7. The number of fused-ring (bicyclic) bond motifs is 20. The highest BCUT2D eigenvalue weighted by Gasteiger charge is 2.53. The molecule has 0 radical (unpaired) electrons. The lowest BCUT2D eigenvalue weighted by Crippen LogP contribution is -2.26. The molecule has 0 saturated carbocycles. The van der Waals surface area contributed by atoms with E-state index >= 15 is 0 Å². The monoisotopic (exact) mass is 844 g/mol. The first-order valence-electron chi connectivity index (χ1n) is 23.5. The number of benzene rings is 13. The summed E-state index contributed by atoms with van der Waals surface area (Å²) in [5.74, 6) is 0. The Labute approximate surface area is 388 Å². The van der Waals surface area contributed by atoms with E-state index in [0.717, 1.165) is 0 Å². The van der Waals surface area contributed by atoms with Crippen LogP contribution in [0.5, 0.6) is 0 Å². The number of hydrogen-bond acceptors (Lipinski definition) is 0. The Bertz CT molecular complexity index is 4180. The zero-order valence-electron chi connectivity index (χ0n) is 36.6. The van der Waals surface area contributed by atoms with Gasteiger partial charge in [0.1, 0.15) is 0 Å². The Morgan fingerprint density at radius 2 is 0.687 bits per heavy atom. The summed E-state index contributed by atoms with van der Waals surface area (Å²) >= 11 is 0. The quantitative estimate of drug-likeness (QED) is 0.123. The summed E-state index contributed by atoms with van der Waals surface area (Å²) in [5.41, 5.74) is 17.8. The van der Waals surface area contributed by atoms with Crippen LogP contribution in [-0.2, 0) is 5.41 Å². The van der Waals surface area contributed by atoms with Crippen molar-refractivity contribution in [3.8, 4) is 55.6 Å². The van der Waals surface area contributed by atoms with Gasteiger partial charge in [-0.1, -0.05) is 224 Å². The summed E-state index contributed by atoms with van der Waals surface area (Å²) in [6.45, 7) is 0. The largest absolute Gasteiger partial charge is 0.0732 e. The first-order valence-corrected chi connectivity index (χ1v) is 23.5. The van der Waals surface area contributed by atoms with Crippen molar-refractivity contribution >= 4 is 64.6 Å². The second kappa shape index (κ2) is 13.7. The molecule has 0 N–H and O–H groups in total. The van der Waals surface area contributed by atoms with Gasteiger partial charge < -0.3 is 0 Å². The molecule has 0 unspecified atom stereocenters. The Kier molecular flexibility index (Phi) is 7.52. The van der Waals surface area contributed by atoms with Crippen LogP contribution in [0.4, 0.5) is 0 Å². The van der Waals surface area contributed by atoms with Gasteiger partial charge >= 0.3 is 0 Å². The van der Waals surface area contributed by atoms with Crippen LogP contribution in [-0.4, -0.2) is 0 Å². The van der Waals surface area contributed by atoms with Crippen molar-refractivity contribution < 1.29 is 0 Å². The average Bonchev–Trinajstić information content (AvgIpc) is 3.88. The number of rotatable bonds is 3. The summed E-state index contributed by atoms with van der Waals surface area (Å²) in [7, 11) is 0. The normalized spacial score (nSPS) is 13.2. The smallest absolute Gasteiger partial charge is 0.0619 e. The van der Waals surface area contributed by atoms with Crippen molar-refractivity contribution in [3.05, 3.63) is 265 Å². The van der Waals surface area contributed by atoms with Crippen molar-refractivity contribution in [1.82, 2.24) is 0 Å². The minimum absolute atomic E-state index is 0.492. The van der Waals surface area contributed by atoms with Gasteiger partial charge in [0, 0.05) is 0 Å². The lowest BCUT2D eigenvalue weighted by atomic mass is 9.69. The fraction of sp³-hybridized carbons (Fsp3) is 0.0149. The van der Waals surface area contributed by atoms with Crippen LogP contribution in [0.25, 0.3) is 120 Å². The third-order valence-electron chi connectivity index (χ3n) is 15.4. The molecule has 2 aliphatic carbocycles. The highest BCUT2D eigenvalue weighted by atomic mass is 14.5. The van der Waals surface area contributed by atoms with Gasteiger partial charge in [-0.15, -0.1) is 0 Å². The standard InChI is InChI=1S/C67H40/c1-2-18-43-38-45(33-32-41(43)16-1)44-19-15-20-46(39-44)62-53-26-7-9-28-55(53)63(56-29-10-8-27-54(56)62)47-34-36-57-58(40-47)49-22-5-6-25-52(49)65-64-48-21-4-3-17-42(48)35-37-61(64)67(66(57)65)59-30-13-11-23-50(59)51-24-12-14-31-60(51)67/h1-40H. The molecule has 0 atom stereocenters. The SMILES string of the molecule is c1cc(-c2ccc3ccccc3c2)cc(-c2c3ccccc3c(-c3ccc4c5c(c6ccccc6c4c3)-c3c(ccc4ccccc34)C53c4ccccc4-c4ccccc43)c3ccccc23)c1. The molecule has 0 aromatic heterocycles. The van der Waals surface area contributed by atoms with Crippen LogP contribution in [0.15, 0.2) is 243 Å². The Hall–Kier alpha value is -8.58. The maximum Gasteiger partial charge on any atom is 0.0732 e. The number of hydrogen-bond donors (Lipinski definition) is 0. The van der Waals surface area contributed by atoms with E-state index in [1.54, 1.807) is 0 Å². The summed E-state index contributed by atoms with van der Waals surface area (Å²) in [4.78, 5) is 0. The van der Waals surface area contributed by atoms with E-state index in [-0.39, 0.29) is 0 Å². The van der Waals surface area contributed by atoms with Crippen LogP contribution < -0.4 is 0 Å². The summed E-state index contributed by atoms with van der Waals surface area (Å²) < 4.78 is 0. The average molecular weight is 845 g/mol. The van der Waals surface area contributed by atoms with Gasteiger partial charge in [-0.3, -0.25) is 0 Å². The van der Waals surface area contributed by atoms with E-state index in [4.69, 9.17) is 0 Å². The minimum Gasteiger partial charge on any atom is -0.0619 e.